The van der Waals surface area contributed by atoms with Gasteiger partial charge in [-0.3, -0.25) is 14.4 Å². The third-order valence-electron chi connectivity index (χ3n) is 2.00. The Morgan fingerprint density at radius 1 is 1.06 bits per heavy atom. The molecule has 0 rings (SSSR count). The van der Waals surface area contributed by atoms with Gasteiger partial charge in [0.15, 0.2) is 0 Å². The number of hydrogen-bond donors (Lipinski definition) is 0. The van der Waals surface area contributed by atoms with Gasteiger partial charge in [0.05, 0.1) is 7.11 Å². The molecule has 0 heterocycles. The van der Waals surface area contributed by atoms with Gasteiger partial charge in [-0.2, -0.15) is 0 Å². The first-order valence-electron chi connectivity index (χ1n) is 5.08. The average molecular weight is 231 g/mol. The molecule has 0 aromatic heterocycles. The Morgan fingerprint density at radius 3 is 1.81 bits per heavy atom. The van der Waals surface area contributed by atoms with Gasteiger partial charge < -0.3 is 4.74 Å². The van der Waals surface area contributed by atoms with Crippen molar-refractivity contribution < 1.29 is 19.2 Å². The molecule has 0 aromatic rings. The standard InChI is InChI=1S/C11H21NO4/c1-10(2,3)16-9(14)11(4,5)8(13)12(6)15-7/h1-7H3. The van der Waals surface area contributed by atoms with Crippen LogP contribution in [-0.2, 0) is 19.2 Å². The topological polar surface area (TPSA) is 55.8 Å². The molecule has 16 heavy (non-hydrogen) atoms. The fraction of sp³-hybridized carbons (Fsp3) is 0.818. The summed E-state index contributed by atoms with van der Waals surface area (Å²) in [5.74, 6) is -1.00. The van der Waals surface area contributed by atoms with E-state index in [-0.39, 0.29) is 0 Å². The Hall–Kier alpha value is -1.10. The molecular weight excluding hydrogens is 210 g/mol. The lowest BCUT2D eigenvalue weighted by Crippen LogP contribution is -2.45. The molecule has 0 saturated carbocycles. The van der Waals surface area contributed by atoms with Crippen molar-refractivity contribution in [1.82, 2.24) is 5.06 Å². The van der Waals surface area contributed by atoms with Crippen LogP contribution in [0.25, 0.3) is 0 Å². The molecule has 0 aliphatic rings. The van der Waals surface area contributed by atoms with E-state index in [2.05, 4.69) is 0 Å². The van der Waals surface area contributed by atoms with E-state index in [1.807, 2.05) is 0 Å². The van der Waals surface area contributed by atoms with Gasteiger partial charge in [-0.15, -0.1) is 0 Å². The maximum absolute atomic E-state index is 11.8. The molecular formula is C11H21NO4. The predicted molar refractivity (Wildman–Crippen MR) is 59.4 cm³/mol. The third kappa shape index (κ3) is 3.81. The van der Waals surface area contributed by atoms with E-state index in [4.69, 9.17) is 9.57 Å². The van der Waals surface area contributed by atoms with Gasteiger partial charge in [0.1, 0.15) is 11.0 Å². The molecule has 0 fully saturated rings. The number of carbonyl (C=O) groups is 2. The van der Waals surface area contributed by atoms with Gasteiger partial charge >= 0.3 is 5.97 Å². The Balaban J connectivity index is 4.79. The zero-order chi connectivity index (χ0) is 13.1. The second-order valence-electron chi connectivity index (χ2n) is 5.11. The van der Waals surface area contributed by atoms with Crippen molar-refractivity contribution >= 4 is 11.9 Å². The fourth-order valence-corrected chi connectivity index (χ4v) is 0.970. The van der Waals surface area contributed by atoms with Crippen LogP contribution in [-0.4, -0.2) is 36.7 Å². The van der Waals surface area contributed by atoms with Crippen LogP contribution in [0.3, 0.4) is 0 Å². The number of hydrogen-bond acceptors (Lipinski definition) is 4. The van der Waals surface area contributed by atoms with Crippen molar-refractivity contribution in [3.05, 3.63) is 0 Å². The smallest absolute Gasteiger partial charge is 0.321 e. The van der Waals surface area contributed by atoms with Crippen molar-refractivity contribution in [1.29, 1.82) is 0 Å². The molecule has 0 aromatic carbocycles. The SMILES string of the molecule is CON(C)C(=O)C(C)(C)C(=O)OC(C)(C)C. The summed E-state index contributed by atoms with van der Waals surface area (Å²) in [5.41, 5.74) is -1.86. The van der Waals surface area contributed by atoms with Gasteiger partial charge in [-0.25, -0.2) is 5.06 Å². The summed E-state index contributed by atoms with van der Waals surface area (Å²) < 4.78 is 5.18. The summed E-state index contributed by atoms with van der Waals surface area (Å²) in [6, 6.07) is 0. The van der Waals surface area contributed by atoms with Gasteiger partial charge in [0, 0.05) is 7.05 Å². The summed E-state index contributed by atoms with van der Waals surface area (Å²) >= 11 is 0. The summed E-state index contributed by atoms with van der Waals surface area (Å²) in [6.07, 6.45) is 0. The van der Waals surface area contributed by atoms with Crippen LogP contribution in [0.1, 0.15) is 34.6 Å². The summed E-state index contributed by atoms with van der Waals surface area (Å²) in [6.45, 7) is 8.29. The van der Waals surface area contributed by atoms with E-state index in [0.717, 1.165) is 5.06 Å². The van der Waals surface area contributed by atoms with E-state index < -0.39 is 22.9 Å². The molecule has 94 valence electrons. The number of ether oxygens (including phenoxy) is 1. The summed E-state index contributed by atoms with van der Waals surface area (Å²) in [5, 5.41) is 1.02. The molecule has 5 nitrogen and oxygen atoms in total. The Labute approximate surface area is 96.7 Å². The van der Waals surface area contributed by atoms with Crippen LogP contribution in [0.4, 0.5) is 0 Å². The lowest BCUT2D eigenvalue weighted by Gasteiger charge is -2.29. The lowest BCUT2D eigenvalue weighted by molar-refractivity contribution is -0.189. The lowest BCUT2D eigenvalue weighted by atomic mass is 9.92. The van der Waals surface area contributed by atoms with Crippen LogP contribution in [0.5, 0.6) is 0 Å². The van der Waals surface area contributed by atoms with Crippen LogP contribution < -0.4 is 0 Å². The Bertz CT molecular complexity index is 278. The Kier molecular flexibility index (Phi) is 4.49. The predicted octanol–water partition coefficient (Wildman–Crippen LogP) is 1.37. The number of esters is 1. The van der Waals surface area contributed by atoms with E-state index in [9.17, 15) is 9.59 Å². The molecule has 0 aliphatic heterocycles. The van der Waals surface area contributed by atoms with Gasteiger partial charge in [-0.05, 0) is 34.6 Å². The fourth-order valence-electron chi connectivity index (χ4n) is 0.970. The van der Waals surface area contributed by atoms with Crippen molar-refractivity contribution in [3.8, 4) is 0 Å². The summed E-state index contributed by atoms with van der Waals surface area (Å²) in [4.78, 5) is 28.4. The Morgan fingerprint density at radius 2 is 1.50 bits per heavy atom. The number of rotatable bonds is 3. The first-order chi connectivity index (χ1) is 7.02. The molecule has 5 heteroatoms. The number of amides is 1. The number of carbonyl (C=O) groups excluding carboxylic acids is 2. The monoisotopic (exact) mass is 231 g/mol. The number of hydroxylamine groups is 2. The van der Waals surface area contributed by atoms with E-state index in [1.165, 1.54) is 28.0 Å². The van der Waals surface area contributed by atoms with Crippen molar-refractivity contribution in [2.45, 2.75) is 40.2 Å². The molecule has 0 atom stereocenters. The molecule has 0 radical (unpaired) electrons. The molecule has 1 amide bonds. The van der Waals surface area contributed by atoms with Crippen LogP contribution in [0, 0.1) is 5.41 Å². The van der Waals surface area contributed by atoms with Gasteiger partial charge in [0.2, 0.25) is 0 Å². The van der Waals surface area contributed by atoms with Crippen molar-refractivity contribution in [2.24, 2.45) is 5.41 Å². The highest BCUT2D eigenvalue weighted by molar-refractivity contribution is 6.01. The first-order valence-corrected chi connectivity index (χ1v) is 5.08. The molecule has 0 aliphatic carbocycles. The van der Waals surface area contributed by atoms with E-state index in [1.54, 1.807) is 20.8 Å². The minimum absolute atomic E-state index is 0.441. The van der Waals surface area contributed by atoms with E-state index in [0.29, 0.717) is 0 Å². The van der Waals surface area contributed by atoms with Crippen LogP contribution in [0.2, 0.25) is 0 Å². The molecule has 0 N–H and O–H groups in total. The highest BCUT2D eigenvalue weighted by atomic mass is 16.7. The second-order valence-corrected chi connectivity index (χ2v) is 5.11. The maximum Gasteiger partial charge on any atom is 0.321 e. The van der Waals surface area contributed by atoms with Crippen LogP contribution in [0.15, 0.2) is 0 Å². The minimum Gasteiger partial charge on any atom is -0.459 e. The highest BCUT2D eigenvalue weighted by Crippen LogP contribution is 2.23. The largest absolute Gasteiger partial charge is 0.459 e. The normalized spacial score (nSPS) is 12.2. The number of nitrogens with zero attached hydrogens (tertiary/aromatic N) is 1. The quantitative estimate of drug-likeness (QED) is 0.418. The van der Waals surface area contributed by atoms with Crippen molar-refractivity contribution in [3.63, 3.8) is 0 Å². The molecule has 0 unspecified atom stereocenters. The minimum atomic E-state index is -1.25. The van der Waals surface area contributed by atoms with Gasteiger partial charge in [0.25, 0.3) is 5.91 Å². The van der Waals surface area contributed by atoms with Gasteiger partial charge in [-0.1, -0.05) is 0 Å². The zero-order valence-electron chi connectivity index (χ0n) is 11.1. The maximum atomic E-state index is 11.8. The van der Waals surface area contributed by atoms with E-state index >= 15 is 0 Å². The summed E-state index contributed by atoms with van der Waals surface area (Å²) in [7, 11) is 2.82. The molecule has 0 spiro atoms. The van der Waals surface area contributed by atoms with Crippen LogP contribution >= 0.6 is 0 Å². The van der Waals surface area contributed by atoms with Crippen molar-refractivity contribution in [2.75, 3.05) is 14.2 Å². The third-order valence-corrected chi connectivity index (χ3v) is 2.00. The average Bonchev–Trinajstić information content (AvgIpc) is 2.12. The highest BCUT2D eigenvalue weighted by Gasteiger charge is 2.41. The first kappa shape index (κ1) is 14.9. The molecule has 0 saturated heterocycles. The second kappa shape index (κ2) is 4.82. The molecule has 0 bridgehead atoms. The zero-order valence-corrected chi connectivity index (χ0v) is 11.1.